The van der Waals surface area contributed by atoms with Crippen molar-refractivity contribution < 1.29 is 4.74 Å². The van der Waals surface area contributed by atoms with Crippen LogP contribution in [0.5, 0.6) is 0 Å². The minimum atomic E-state index is 0.321. The number of hydrogen-bond acceptors (Lipinski definition) is 2. The number of ether oxygens (including phenoxy) is 1. The van der Waals surface area contributed by atoms with Crippen molar-refractivity contribution in [3.63, 3.8) is 0 Å². The standard InChI is InChI=1S/C9H16OS/c1-2-4-9(10-6-3-1)5-7-11-8-9/h1-8H2. The van der Waals surface area contributed by atoms with Gasteiger partial charge in [-0.05, 0) is 25.0 Å². The Balaban J connectivity index is 1.97. The first-order valence-electron chi connectivity index (χ1n) is 4.63. The summed E-state index contributed by atoms with van der Waals surface area (Å²) >= 11 is 2.06. The Morgan fingerprint density at radius 1 is 1.09 bits per heavy atom. The van der Waals surface area contributed by atoms with Gasteiger partial charge in [-0.3, -0.25) is 0 Å². The summed E-state index contributed by atoms with van der Waals surface area (Å²) in [5.74, 6) is 2.58. The minimum Gasteiger partial charge on any atom is -0.374 e. The first-order chi connectivity index (χ1) is 5.41. The fourth-order valence-corrected chi connectivity index (χ4v) is 3.39. The smallest absolute Gasteiger partial charge is 0.0780 e. The highest BCUT2D eigenvalue weighted by atomic mass is 32.2. The lowest BCUT2D eigenvalue weighted by Gasteiger charge is -2.26. The van der Waals surface area contributed by atoms with E-state index in [4.69, 9.17) is 4.74 Å². The molecule has 0 saturated carbocycles. The van der Waals surface area contributed by atoms with Crippen LogP contribution in [0.4, 0.5) is 0 Å². The summed E-state index contributed by atoms with van der Waals surface area (Å²) in [5.41, 5.74) is 0.321. The quantitative estimate of drug-likeness (QED) is 0.555. The first kappa shape index (κ1) is 7.93. The maximum absolute atomic E-state index is 5.93. The third-order valence-corrected chi connectivity index (χ3v) is 3.98. The second-order valence-electron chi connectivity index (χ2n) is 3.64. The van der Waals surface area contributed by atoms with Crippen molar-refractivity contribution in [3.05, 3.63) is 0 Å². The van der Waals surface area contributed by atoms with Crippen molar-refractivity contribution in [1.82, 2.24) is 0 Å². The van der Waals surface area contributed by atoms with Crippen molar-refractivity contribution in [2.45, 2.75) is 37.7 Å². The number of rotatable bonds is 0. The topological polar surface area (TPSA) is 9.23 Å². The second kappa shape index (κ2) is 3.36. The van der Waals surface area contributed by atoms with Gasteiger partial charge in [-0.25, -0.2) is 0 Å². The van der Waals surface area contributed by atoms with E-state index in [2.05, 4.69) is 11.8 Å². The molecule has 0 aromatic carbocycles. The molecule has 0 amide bonds. The van der Waals surface area contributed by atoms with Crippen molar-refractivity contribution in [2.24, 2.45) is 0 Å². The highest BCUT2D eigenvalue weighted by Crippen LogP contribution is 2.37. The van der Waals surface area contributed by atoms with Crippen LogP contribution in [-0.2, 0) is 4.74 Å². The predicted molar refractivity (Wildman–Crippen MR) is 49.1 cm³/mol. The molecule has 1 unspecified atom stereocenters. The molecule has 2 heteroatoms. The SMILES string of the molecule is C1CCOC2(CC1)CCSC2. The first-order valence-corrected chi connectivity index (χ1v) is 5.79. The minimum absolute atomic E-state index is 0.321. The van der Waals surface area contributed by atoms with Crippen LogP contribution in [0, 0.1) is 0 Å². The average molecular weight is 172 g/mol. The molecule has 0 N–H and O–H groups in total. The van der Waals surface area contributed by atoms with E-state index in [1.807, 2.05) is 0 Å². The summed E-state index contributed by atoms with van der Waals surface area (Å²) in [6, 6.07) is 0. The molecule has 11 heavy (non-hydrogen) atoms. The monoisotopic (exact) mass is 172 g/mol. The van der Waals surface area contributed by atoms with Gasteiger partial charge in [0.1, 0.15) is 0 Å². The van der Waals surface area contributed by atoms with Crippen molar-refractivity contribution in [3.8, 4) is 0 Å². The molecule has 0 aromatic rings. The molecule has 2 rings (SSSR count). The van der Waals surface area contributed by atoms with Crippen LogP contribution < -0.4 is 0 Å². The average Bonchev–Trinajstić information content (AvgIpc) is 2.32. The Hall–Kier alpha value is 0.310. The van der Waals surface area contributed by atoms with Crippen LogP contribution in [0.1, 0.15) is 32.1 Å². The molecule has 0 radical (unpaired) electrons. The molecular weight excluding hydrogens is 156 g/mol. The van der Waals surface area contributed by atoms with E-state index in [0.29, 0.717) is 5.60 Å². The summed E-state index contributed by atoms with van der Waals surface area (Å²) in [6.07, 6.45) is 6.68. The molecule has 2 aliphatic rings. The van der Waals surface area contributed by atoms with E-state index in [9.17, 15) is 0 Å². The zero-order valence-corrected chi connectivity index (χ0v) is 7.79. The maximum atomic E-state index is 5.93. The van der Waals surface area contributed by atoms with E-state index >= 15 is 0 Å². The molecule has 64 valence electrons. The lowest BCUT2D eigenvalue weighted by Crippen LogP contribution is -2.31. The molecular formula is C9H16OS. The van der Waals surface area contributed by atoms with Gasteiger partial charge in [0.25, 0.3) is 0 Å². The van der Waals surface area contributed by atoms with Crippen molar-refractivity contribution in [1.29, 1.82) is 0 Å². The zero-order chi connectivity index (χ0) is 7.57. The maximum Gasteiger partial charge on any atom is 0.0780 e. The fraction of sp³-hybridized carbons (Fsp3) is 1.00. The van der Waals surface area contributed by atoms with E-state index in [-0.39, 0.29) is 0 Å². The molecule has 1 spiro atoms. The molecule has 0 aromatic heterocycles. The Bertz CT molecular complexity index is 120. The van der Waals surface area contributed by atoms with E-state index in [1.54, 1.807) is 0 Å². The van der Waals surface area contributed by atoms with Gasteiger partial charge in [-0.15, -0.1) is 0 Å². The second-order valence-corrected chi connectivity index (χ2v) is 4.75. The van der Waals surface area contributed by atoms with Crippen LogP contribution in [-0.4, -0.2) is 23.7 Å². The summed E-state index contributed by atoms with van der Waals surface area (Å²) in [5, 5.41) is 0. The fourth-order valence-electron chi connectivity index (χ4n) is 1.99. The third kappa shape index (κ3) is 1.73. The van der Waals surface area contributed by atoms with Gasteiger partial charge in [-0.1, -0.05) is 12.8 Å². The normalized spacial score (nSPS) is 39.3. The molecule has 2 heterocycles. The molecule has 0 aliphatic carbocycles. The highest BCUT2D eigenvalue weighted by Gasteiger charge is 2.35. The van der Waals surface area contributed by atoms with Gasteiger partial charge >= 0.3 is 0 Å². The van der Waals surface area contributed by atoms with Crippen molar-refractivity contribution >= 4 is 11.8 Å². The molecule has 2 saturated heterocycles. The Morgan fingerprint density at radius 3 is 2.91 bits per heavy atom. The van der Waals surface area contributed by atoms with Gasteiger partial charge in [0.15, 0.2) is 0 Å². The van der Waals surface area contributed by atoms with Gasteiger partial charge in [0.2, 0.25) is 0 Å². The van der Waals surface area contributed by atoms with Crippen molar-refractivity contribution in [2.75, 3.05) is 18.1 Å². The largest absolute Gasteiger partial charge is 0.374 e. The van der Waals surface area contributed by atoms with E-state index in [1.165, 1.54) is 43.6 Å². The summed E-state index contributed by atoms with van der Waals surface area (Å²) in [4.78, 5) is 0. The number of thioether (sulfide) groups is 1. The van der Waals surface area contributed by atoms with Crippen LogP contribution >= 0.6 is 11.8 Å². The molecule has 2 fully saturated rings. The summed E-state index contributed by atoms with van der Waals surface area (Å²) in [6.45, 7) is 1.01. The summed E-state index contributed by atoms with van der Waals surface area (Å²) < 4.78 is 5.93. The Labute approximate surface area is 72.9 Å². The highest BCUT2D eigenvalue weighted by molar-refractivity contribution is 7.99. The van der Waals surface area contributed by atoms with Gasteiger partial charge in [-0.2, -0.15) is 11.8 Å². The lowest BCUT2D eigenvalue weighted by atomic mass is 9.97. The van der Waals surface area contributed by atoms with Gasteiger partial charge in [0.05, 0.1) is 5.60 Å². The van der Waals surface area contributed by atoms with E-state index in [0.717, 1.165) is 6.61 Å². The van der Waals surface area contributed by atoms with Crippen LogP contribution in [0.15, 0.2) is 0 Å². The molecule has 1 atom stereocenters. The molecule has 2 aliphatic heterocycles. The lowest BCUT2D eigenvalue weighted by molar-refractivity contribution is -0.0216. The molecule has 0 bridgehead atoms. The van der Waals surface area contributed by atoms with Crippen LogP contribution in [0.25, 0.3) is 0 Å². The van der Waals surface area contributed by atoms with E-state index < -0.39 is 0 Å². The molecule has 1 nitrogen and oxygen atoms in total. The van der Waals surface area contributed by atoms with Gasteiger partial charge < -0.3 is 4.74 Å². The Morgan fingerprint density at radius 2 is 2.09 bits per heavy atom. The zero-order valence-electron chi connectivity index (χ0n) is 6.97. The Kier molecular flexibility index (Phi) is 2.42. The van der Waals surface area contributed by atoms with Crippen LogP contribution in [0.2, 0.25) is 0 Å². The number of hydrogen-bond donors (Lipinski definition) is 0. The third-order valence-electron chi connectivity index (χ3n) is 2.75. The summed E-state index contributed by atoms with van der Waals surface area (Å²) in [7, 11) is 0. The van der Waals surface area contributed by atoms with Crippen LogP contribution in [0.3, 0.4) is 0 Å². The predicted octanol–water partition coefficient (Wildman–Crippen LogP) is 2.45. The van der Waals surface area contributed by atoms with Gasteiger partial charge in [0, 0.05) is 12.4 Å².